The number of ether oxygens (including phenoxy) is 2. The van der Waals surface area contributed by atoms with Gasteiger partial charge in [-0.3, -0.25) is 4.79 Å². The Hall–Kier alpha value is -2.21. The second-order valence-corrected chi connectivity index (χ2v) is 8.92. The van der Waals surface area contributed by atoms with E-state index in [4.69, 9.17) is 21.1 Å². The van der Waals surface area contributed by atoms with Crippen LogP contribution in [0.2, 0.25) is 5.02 Å². The van der Waals surface area contributed by atoms with Gasteiger partial charge in [-0.25, -0.2) is 0 Å². The van der Waals surface area contributed by atoms with E-state index < -0.39 is 0 Å². The molecule has 3 aromatic carbocycles. The van der Waals surface area contributed by atoms with Gasteiger partial charge in [0.15, 0.2) is 11.5 Å². The van der Waals surface area contributed by atoms with Gasteiger partial charge in [0.2, 0.25) is 5.78 Å². The first-order valence-corrected chi connectivity index (χ1v) is 11.4. The summed E-state index contributed by atoms with van der Waals surface area (Å²) >= 11 is 11.3. The van der Waals surface area contributed by atoms with Crippen LogP contribution in [-0.2, 0) is 6.61 Å². The average molecular weight is 502 g/mol. The van der Waals surface area contributed by atoms with E-state index in [0.717, 1.165) is 26.1 Å². The topological polar surface area (TPSA) is 35.5 Å². The Kier molecular flexibility index (Phi) is 6.52. The lowest BCUT2D eigenvalue weighted by Crippen LogP contribution is -2.01. The summed E-state index contributed by atoms with van der Waals surface area (Å²) in [5, 5.41) is 0.657. The van der Waals surface area contributed by atoms with E-state index >= 15 is 0 Å². The molecule has 0 saturated carbocycles. The van der Waals surface area contributed by atoms with E-state index in [1.54, 1.807) is 0 Å². The van der Waals surface area contributed by atoms with E-state index in [0.29, 0.717) is 34.6 Å². The van der Waals surface area contributed by atoms with E-state index in [2.05, 4.69) is 15.9 Å². The molecule has 3 aromatic rings. The van der Waals surface area contributed by atoms with E-state index in [9.17, 15) is 4.79 Å². The number of carbonyl (C=O) groups is 1. The first-order chi connectivity index (χ1) is 14.6. The van der Waals surface area contributed by atoms with Gasteiger partial charge < -0.3 is 9.47 Å². The molecule has 152 valence electrons. The number of ketones is 1. The molecule has 0 atom stereocenters. The molecule has 0 amide bonds. The molecule has 0 unspecified atom stereocenters. The molecule has 0 N–H and O–H groups in total. The number of fused-ring (bicyclic) bond motifs is 1. The largest absolute Gasteiger partial charge is 0.490 e. The van der Waals surface area contributed by atoms with Gasteiger partial charge in [-0.15, -0.1) is 0 Å². The van der Waals surface area contributed by atoms with Crippen molar-refractivity contribution in [3.05, 3.63) is 91.8 Å². The van der Waals surface area contributed by atoms with Gasteiger partial charge in [-0.1, -0.05) is 53.7 Å². The predicted octanol–water partition coefficient (Wildman–Crippen LogP) is 7.41. The number of hydrogen-bond donors (Lipinski definition) is 0. The molecule has 30 heavy (non-hydrogen) atoms. The maximum absolute atomic E-state index is 12.7. The van der Waals surface area contributed by atoms with Gasteiger partial charge in [0.05, 0.1) is 16.0 Å². The van der Waals surface area contributed by atoms with Gasteiger partial charge in [0.1, 0.15) is 6.61 Å². The highest BCUT2D eigenvalue weighted by atomic mass is 79.9. The Morgan fingerprint density at radius 1 is 1.07 bits per heavy atom. The van der Waals surface area contributed by atoms with Crippen molar-refractivity contribution in [1.82, 2.24) is 0 Å². The fourth-order valence-electron chi connectivity index (χ4n) is 3.13. The highest BCUT2D eigenvalue weighted by molar-refractivity contribution is 9.10. The summed E-state index contributed by atoms with van der Waals surface area (Å²) in [6.07, 6.45) is 1.89. The zero-order valence-corrected chi connectivity index (χ0v) is 19.3. The molecule has 1 heterocycles. The molecule has 0 radical (unpaired) electrons. The summed E-state index contributed by atoms with van der Waals surface area (Å²) in [5.74, 6) is 1.26. The van der Waals surface area contributed by atoms with Crippen molar-refractivity contribution in [2.45, 2.75) is 18.4 Å². The maximum Gasteiger partial charge on any atom is 0.200 e. The van der Waals surface area contributed by atoms with Crippen LogP contribution in [0.5, 0.6) is 11.5 Å². The van der Waals surface area contributed by atoms with Crippen molar-refractivity contribution in [1.29, 1.82) is 0 Å². The lowest BCUT2D eigenvalue weighted by Gasteiger charge is -2.15. The minimum Gasteiger partial charge on any atom is -0.490 e. The van der Waals surface area contributed by atoms with Crippen LogP contribution in [0, 0.1) is 0 Å². The number of halogens is 2. The Morgan fingerprint density at radius 2 is 1.83 bits per heavy atom. The van der Waals surface area contributed by atoms with Crippen LogP contribution in [0.25, 0.3) is 6.08 Å². The second kappa shape index (κ2) is 9.29. The highest BCUT2D eigenvalue weighted by Gasteiger charge is 2.25. The fraction of sp³-hybridized carbons (Fsp3) is 0.125. The van der Waals surface area contributed by atoms with Crippen LogP contribution < -0.4 is 9.47 Å². The van der Waals surface area contributed by atoms with Crippen molar-refractivity contribution < 1.29 is 14.3 Å². The van der Waals surface area contributed by atoms with Crippen LogP contribution >= 0.6 is 39.3 Å². The third-order valence-electron chi connectivity index (χ3n) is 4.53. The standard InChI is InChI=1S/C24H18BrClO3S/c1-2-28-20-12-15(13-22-23(27)17-8-4-6-10-21(17)30-22)11-18(25)24(20)29-14-16-7-3-5-9-19(16)26/h3-13H,2,14H2,1H3/b22-13+. The van der Waals surface area contributed by atoms with E-state index in [1.165, 1.54) is 11.8 Å². The molecular weight excluding hydrogens is 484 g/mol. The Balaban J connectivity index is 1.62. The molecule has 4 rings (SSSR count). The molecule has 0 fully saturated rings. The van der Waals surface area contributed by atoms with Crippen LogP contribution in [0.4, 0.5) is 0 Å². The Morgan fingerprint density at radius 3 is 2.60 bits per heavy atom. The second-order valence-electron chi connectivity index (χ2n) is 6.58. The van der Waals surface area contributed by atoms with Crippen LogP contribution in [0.3, 0.4) is 0 Å². The minimum atomic E-state index is 0.0451. The number of benzene rings is 3. The SMILES string of the molecule is CCOc1cc(/C=C2/Sc3ccccc3C2=O)cc(Br)c1OCc1ccccc1Cl. The van der Waals surface area contributed by atoms with Crippen molar-refractivity contribution in [3.63, 3.8) is 0 Å². The highest BCUT2D eigenvalue weighted by Crippen LogP contribution is 2.43. The average Bonchev–Trinajstić information content (AvgIpc) is 3.04. The number of thioether (sulfide) groups is 1. The number of rotatable bonds is 6. The summed E-state index contributed by atoms with van der Waals surface area (Å²) < 4.78 is 12.6. The molecule has 1 aliphatic heterocycles. The van der Waals surface area contributed by atoms with Crippen LogP contribution in [0.15, 0.2) is 74.9 Å². The van der Waals surface area contributed by atoms with Gasteiger partial charge in [-0.05, 0) is 64.8 Å². The third kappa shape index (κ3) is 4.43. The molecule has 1 aliphatic rings. The normalized spacial score (nSPS) is 14.1. The van der Waals surface area contributed by atoms with Crippen LogP contribution in [0.1, 0.15) is 28.4 Å². The molecule has 0 saturated heterocycles. The van der Waals surface area contributed by atoms with Crippen molar-refractivity contribution in [2.24, 2.45) is 0 Å². The molecule has 0 aliphatic carbocycles. The molecule has 0 bridgehead atoms. The van der Waals surface area contributed by atoms with Gasteiger partial charge in [0.25, 0.3) is 0 Å². The fourth-order valence-corrected chi connectivity index (χ4v) is 4.94. The Bertz CT molecular complexity index is 1140. The third-order valence-corrected chi connectivity index (χ3v) is 6.59. The quantitative estimate of drug-likeness (QED) is 0.329. The van der Waals surface area contributed by atoms with E-state index in [-0.39, 0.29) is 5.78 Å². The number of allylic oxidation sites excluding steroid dienone is 1. The molecule has 3 nitrogen and oxygen atoms in total. The zero-order chi connectivity index (χ0) is 21.1. The lowest BCUT2D eigenvalue weighted by atomic mass is 10.1. The van der Waals surface area contributed by atoms with Crippen molar-refractivity contribution in [2.75, 3.05) is 6.61 Å². The summed E-state index contributed by atoms with van der Waals surface area (Å²) in [6.45, 7) is 2.74. The summed E-state index contributed by atoms with van der Waals surface area (Å²) in [6, 6.07) is 19.0. The molecule has 0 spiro atoms. The molecule has 0 aromatic heterocycles. The molecular formula is C24H18BrClO3S. The van der Waals surface area contributed by atoms with E-state index in [1.807, 2.05) is 73.7 Å². The van der Waals surface area contributed by atoms with Crippen molar-refractivity contribution in [3.8, 4) is 11.5 Å². The Labute approximate surface area is 193 Å². The number of hydrogen-bond acceptors (Lipinski definition) is 4. The van der Waals surface area contributed by atoms with Crippen LogP contribution in [-0.4, -0.2) is 12.4 Å². The smallest absolute Gasteiger partial charge is 0.200 e. The van der Waals surface area contributed by atoms with Gasteiger partial charge in [-0.2, -0.15) is 0 Å². The lowest BCUT2D eigenvalue weighted by molar-refractivity contribution is 0.104. The summed E-state index contributed by atoms with van der Waals surface area (Å²) in [7, 11) is 0. The number of carbonyl (C=O) groups excluding carboxylic acids is 1. The van der Waals surface area contributed by atoms with Gasteiger partial charge in [0, 0.05) is 21.0 Å². The summed E-state index contributed by atoms with van der Waals surface area (Å²) in [4.78, 5) is 14.4. The maximum atomic E-state index is 12.7. The summed E-state index contributed by atoms with van der Waals surface area (Å²) in [5.41, 5.74) is 2.50. The predicted molar refractivity (Wildman–Crippen MR) is 126 cm³/mol. The first kappa shape index (κ1) is 21.0. The van der Waals surface area contributed by atoms with Gasteiger partial charge >= 0.3 is 0 Å². The monoisotopic (exact) mass is 500 g/mol. The first-order valence-electron chi connectivity index (χ1n) is 9.42. The number of Topliss-reactive ketones (excluding diaryl/α,β-unsaturated/α-hetero) is 1. The molecule has 6 heteroatoms. The minimum absolute atomic E-state index is 0.0451. The zero-order valence-electron chi connectivity index (χ0n) is 16.2. The van der Waals surface area contributed by atoms with Crippen molar-refractivity contribution >= 4 is 51.2 Å².